The Morgan fingerprint density at radius 2 is 2.15 bits per heavy atom. The first-order chi connectivity index (χ1) is 9.61. The van der Waals surface area contributed by atoms with Gasteiger partial charge in [0.15, 0.2) is 0 Å². The molecule has 3 heteroatoms. The van der Waals surface area contributed by atoms with E-state index < -0.39 is 0 Å². The lowest BCUT2D eigenvalue weighted by Crippen LogP contribution is -2.29. The van der Waals surface area contributed by atoms with Gasteiger partial charge in [-0.3, -0.25) is 0 Å². The molecule has 0 amide bonds. The molecule has 1 saturated carbocycles. The normalized spacial score (nSPS) is 16.8. The predicted molar refractivity (Wildman–Crippen MR) is 88.8 cm³/mol. The van der Waals surface area contributed by atoms with Crippen LogP contribution in [0.15, 0.2) is 18.2 Å². The van der Waals surface area contributed by atoms with E-state index in [9.17, 15) is 0 Å². The lowest BCUT2D eigenvalue weighted by atomic mass is 9.85. The van der Waals surface area contributed by atoms with Crippen molar-refractivity contribution >= 4 is 17.3 Å². The fraction of sp³-hybridized carbons (Fsp3) is 0.647. The number of hydrogen-bond acceptors (Lipinski definition) is 2. The summed E-state index contributed by atoms with van der Waals surface area (Å²) in [6, 6.07) is 6.84. The number of nitrogens with one attached hydrogen (secondary N) is 1. The van der Waals surface area contributed by atoms with E-state index in [1.54, 1.807) is 0 Å². The van der Waals surface area contributed by atoms with Crippen molar-refractivity contribution in [3.05, 3.63) is 28.8 Å². The van der Waals surface area contributed by atoms with Gasteiger partial charge in [-0.05, 0) is 56.3 Å². The van der Waals surface area contributed by atoms with Crippen molar-refractivity contribution in [2.75, 3.05) is 25.0 Å². The summed E-state index contributed by atoms with van der Waals surface area (Å²) in [5, 5.41) is 4.37. The number of rotatable bonds is 7. The van der Waals surface area contributed by atoms with Gasteiger partial charge in [-0.2, -0.15) is 0 Å². The van der Waals surface area contributed by atoms with E-state index in [4.69, 9.17) is 11.6 Å². The fourth-order valence-corrected chi connectivity index (χ4v) is 3.08. The number of halogens is 1. The second-order valence-corrected chi connectivity index (χ2v) is 6.47. The van der Waals surface area contributed by atoms with Crippen molar-refractivity contribution in [3.8, 4) is 0 Å². The summed E-state index contributed by atoms with van der Waals surface area (Å²) in [5.41, 5.74) is 2.43. The molecule has 0 aromatic heterocycles. The molecule has 0 heterocycles. The molecule has 0 aliphatic heterocycles. The average molecular weight is 295 g/mol. The number of hydrogen-bond donors (Lipinski definition) is 1. The first-order valence-corrected chi connectivity index (χ1v) is 8.23. The quantitative estimate of drug-likeness (QED) is 0.788. The van der Waals surface area contributed by atoms with Crippen LogP contribution in [0.4, 0.5) is 5.69 Å². The summed E-state index contributed by atoms with van der Waals surface area (Å²) in [6.07, 6.45) is 5.29. The first-order valence-electron chi connectivity index (χ1n) is 7.85. The zero-order chi connectivity index (χ0) is 14.5. The Kier molecular flexibility index (Phi) is 5.74. The largest absolute Gasteiger partial charge is 0.373 e. The van der Waals surface area contributed by atoms with E-state index in [0.29, 0.717) is 6.04 Å². The maximum absolute atomic E-state index is 6.48. The van der Waals surface area contributed by atoms with Gasteiger partial charge in [0.25, 0.3) is 0 Å². The summed E-state index contributed by atoms with van der Waals surface area (Å²) in [6.45, 7) is 6.55. The molecule has 1 aromatic carbocycles. The summed E-state index contributed by atoms with van der Waals surface area (Å²) in [5.74, 6) is 0.862. The highest BCUT2D eigenvalue weighted by atomic mass is 35.5. The Morgan fingerprint density at radius 1 is 1.40 bits per heavy atom. The van der Waals surface area contributed by atoms with Crippen molar-refractivity contribution in [2.24, 2.45) is 5.92 Å². The number of benzene rings is 1. The predicted octanol–water partition coefficient (Wildman–Crippen LogP) is 4.64. The van der Waals surface area contributed by atoms with E-state index in [1.807, 2.05) is 0 Å². The average Bonchev–Trinajstić information content (AvgIpc) is 2.39. The van der Waals surface area contributed by atoms with Crippen LogP contribution in [0.25, 0.3) is 0 Å². The summed E-state index contributed by atoms with van der Waals surface area (Å²) >= 11 is 6.48. The highest BCUT2D eigenvalue weighted by Gasteiger charge is 2.20. The van der Waals surface area contributed by atoms with Crippen LogP contribution in [0.3, 0.4) is 0 Å². The van der Waals surface area contributed by atoms with Gasteiger partial charge < -0.3 is 10.2 Å². The van der Waals surface area contributed by atoms with Gasteiger partial charge in [-0.25, -0.2) is 0 Å². The molecule has 0 spiro atoms. The fourth-order valence-electron chi connectivity index (χ4n) is 2.74. The molecule has 2 nitrogen and oxygen atoms in total. The number of anilines is 1. The maximum atomic E-state index is 6.48. The Labute approximate surface area is 128 Å². The van der Waals surface area contributed by atoms with Crippen molar-refractivity contribution in [2.45, 2.75) is 45.6 Å². The van der Waals surface area contributed by atoms with Crippen molar-refractivity contribution < 1.29 is 0 Å². The molecular formula is C17H27ClN2. The minimum Gasteiger partial charge on any atom is -0.373 e. The maximum Gasteiger partial charge on any atom is 0.0642 e. The molecule has 112 valence electrons. The van der Waals surface area contributed by atoms with Gasteiger partial charge in [0, 0.05) is 19.6 Å². The zero-order valence-electron chi connectivity index (χ0n) is 13.0. The van der Waals surface area contributed by atoms with Crippen molar-refractivity contribution in [1.82, 2.24) is 5.32 Å². The van der Waals surface area contributed by atoms with Crippen LogP contribution in [-0.2, 0) is 0 Å². The van der Waals surface area contributed by atoms with Crippen LogP contribution >= 0.6 is 11.6 Å². The van der Waals surface area contributed by atoms with Crippen LogP contribution < -0.4 is 10.2 Å². The van der Waals surface area contributed by atoms with Crippen LogP contribution in [0.5, 0.6) is 0 Å². The monoisotopic (exact) mass is 294 g/mol. The zero-order valence-corrected chi connectivity index (χ0v) is 13.7. The van der Waals surface area contributed by atoms with Gasteiger partial charge >= 0.3 is 0 Å². The topological polar surface area (TPSA) is 15.3 Å². The standard InChI is InChI=1S/C17H27ClN2/c1-4-10-19-13(2)15-8-9-17(16(18)11-15)20(3)12-14-6-5-7-14/h8-9,11,13-14,19H,4-7,10,12H2,1-3H3. The SMILES string of the molecule is CCCNC(C)c1ccc(N(C)CC2CCC2)c(Cl)c1. The van der Waals surface area contributed by atoms with E-state index >= 15 is 0 Å². The van der Waals surface area contributed by atoms with E-state index in [-0.39, 0.29) is 0 Å². The summed E-state index contributed by atoms with van der Waals surface area (Å²) in [4.78, 5) is 2.31. The van der Waals surface area contributed by atoms with Crippen LogP contribution in [0, 0.1) is 5.92 Å². The van der Waals surface area contributed by atoms with Gasteiger partial charge in [0.1, 0.15) is 0 Å². The molecule has 0 bridgehead atoms. The summed E-state index contributed by atoms with van der Waals surface area (Å²) < 4.78 is 0. The molecule has 0 radical (unpaired) electrons. The smallest absolute Gasteiger partial charge is 0.0642 e. The highest BCUT2D eigenvalue weighted by Crippen LogP contribution is 2.32. The van der Waals surface area contributed by atoms with Crippen molar-refractivity contribution in [3.63, 3.8) is 0 Å². The van der Waals surface area contributed by atoms with E-state index in [0.717, 1.165) is 36.1 Å². The third kappa shape index (κ3) is 3.89. The third-order valence-corrected chi connectivity index (χ3v) is 4.64. The molecule has 1 atom stereocenters. The third-order valence-electron chi connectivity index (χ3n) is 4.34. The molecule has 0 saturated heterocycles. The second-order valence-electron chi connectivity index (χ2n) is 6.06. The molecule has 1 aliphatic rings. The molecule has 1 aromatic rings. The van der Waals surface area contributed by atoms with Gasteiger partial charge in [0.05, 0.1) is 10.7 Å². The van der Waals surface area contributed by atoms with Crippen LogP contribution in [0.1, 0.15) is 51.1 Å². The van der Waals surface area contributed by atoms with Crippen LogP contribution in [-0.4, -0.2) is 20.1 Å². The Morgan fingerprint density at radius 3 is 2.70 bits per heavy atom. The highest BCUT2D eigenvalue weighted by molar-refractivity contribution is 6.33. The van der Waals surface area contributed by atoms with E-state index in [2.05, 4.69) is 49.3 Å². The lowest BCUT2D eigenvalue weighted by molar-refractivity contribution is 0.321. The second kappa shape index (κ2) is 7.33. The van der Waals surface area contributed by atoms with E-state index in [1.165, 1.54) is 24.8 Å². The summed E-state index contributed by atoms with van der Waals surface area (Å²) in [7, 11) is 2.15. The van der Waals surface area contributed by atoms with Crippen molar-refractivity contribution in [1.29, 1.82) is 0 Å². The minimum atomic E-state index is 0.360. The molecule has 1 fully saturated rings. The van der Waals surface area contributed by atoms with Gasteiger partial charge in [-0.15, -0.1) is 0 Å². The Bertz CT molecular complexity index is 429. The first kappa shape index (κ1) is 15.7. The Balaban J connectivity index is 2.00. The molecule has 1 unspecified atom stereocenters. The Hall–Kier alpha value is -0.730. The molecule has 1 N–H and O–H groups in total. The van der Waals surface area contributed by atoms with Crippen LogP contribution in [0.2, 0.25) is 5.02 Å². The molecule has 1 aliphatic carbocycles. The number of nitrogens with zero attached hydrogens (tertiary/aromatic N) is 1. The lowest BCUT2D eigenvalue weighted by Gasteiger charge is -2.32. The molecule has 2 rings (SSSR count). The van der Waals surface area contributed by atoms with Gasteiger partial charge in [0.2, 0.25) is 0 Å². The minimum absolute atomic E-state index is 0.360. The molecular weight excluding hydrogens is 268 g/mol. The van der Waals surface area contributed by atoms with Gasteiger partial charge in [-0.1, -0.05) is 31.0 Å². The molecule has 20 heavy (non-hydrogen) atoms.